The van der Waals surface area contributed by atoms with E-state index >= 15 is 0 Å². The van der Waals surface area contributed by atoms with Gasteiger partial charge in [-0.25, -0.2) is 4.98 Å². The van der Waals surface area contributed by atoms with Crippen molar-refractivity contribution in [1.29, 1.82) is 0 Å². The molecule has 1 amide bonds. The number of anilines is 1. The van der Waals surface area contributed by atoms with Crippen molar-refractivity contribution >= 4 is 11.7 Å². The molecule has 0 radical (unpaired) electrons. The Bertz CT molecular complexity index is 391. The fourth-order valence-corrected chi connectivity index (χ4v) is 1.57. The summed E-state index contributed by atoms with van der Waals surface area (Å²) in [5.74, 6) is 1.31. The number of pyridine rings is 1. The van der Waals surface area contributed by atoms with Gasteiger partial charge in [0.15, 0.2) is 0 Å². The third-order valence-corrected chi connectivity index (χ3v) is 2.76. The van der Waals surface area contributed by atoms with Crippen molar-refractivity contribution < 1.29 is 9.53 Å². The number of carbonyl (C=O) groups excluding carboxylic acids is 1. The van der Waals surface area contributed by atoms with Crippen LogP contribution in [0, 0.1) is 5.92 Å². The van der Waals surface area contributed by atoms with E-state index in [2.05, 4.69) is 29.5 Å². The topological polar surface area (TPSA) is 63.2 Å². The highest BCUT2D eigenvalue weighted by atomic mass is 16.5. The summed E-state index contributed by atoms with van der Waals surface area (Å²) >= 11 is 0. The summed E-state index contributed by atoms with van der Waals surface area (Å²) in [5.41, 5.74) is 0.564. The molecule has 20 heavy (non-hydrogen) atoms. The Balaban J connectivity index is 2.22. The normalized spacial score (nSPS) is 10.6. The van der Waals surface area contributed by atoms with Crippen LogP contribution in [-0.4, -0.2) is 37.2 Å². The lowest BCUT2D eigenvalue weighted by Crippen LogP contribution is -2.27. The van der Waals surface area contributed by atoms with E-state index in [-0.39, 0.29) is 5.91 Å². The Kier molecular flexibility index (Phi) is 7.65. The van der Waals surface area contributed by atoms with Gasteiger partial charge in [-0.05, 0) is 31.4 Å². The van der Waals surface area contributed by atoms with Crippen molar-refractivity contribution in [2.45, 2.75) is 27.2 Å². The van der Waals surface area contributed by atoms with E-state index in [1.165, 1.54) is 0 Å². The predicted octanol–water partition coefficient (Wildman–Crippen LogP) is 2.31. The average Bonchev–Trinajstić information content (AvgIpc) is 2.43. The fourth-order valence-electron chi connectivity index (χ4n) is 1.57. The Hall–Kier alpha value is -1.62. The molecule has 0 bridgehead atoms. The molecule has 0 fully saturated rings. The lowest BCUT2D eigenvalue weighted by Gasteiger charge is -2.08. The van der Waals surface area contributed by atoms with Gasteiger partial charge in [0.05, 0.1) is 12.2 Å². The predicted molar refractivity (Wildman–Crippen MR) is 81.0 cm³/mol. The Morgan fingerprint density at radius 2 is 2.15 bits per heavy atom. The number of aromatic nitrogens is 1. The summed E-state index contributed by atoms with van der Waals surface area (Å²) in [6.45, 7) is 8.94. The molecule has 0 saturated heterocycles. The van der Waals surface area contributed by atoms with Gasteiger partial charge >= 0.3 is 0 Å². The van der Waals surface area contributed by atoms with Crippen molar-refractivity contribution in [3.8, 4) is 0 Å². The van der Waals surface area contributed by atoms with Gasteiger partial charge in [-0.1, -0.05) is 13.8 Å². The number of hydrogen-bond acceptors (Lipinski definition) is 4. The summed E-state index contributed by atoms with van der Waals surface area (Å²) in [7, 11) is 0. The van der Waals surface area contributed by atoms with Crippen LogP contribution in [0.1, 0.15) is 37.6 Å². The van der Waals surface area contributed by atoms with Crippen LogP contribution in [0.3, 0.4) is 0 Å². The molecular weight excluding hydrogens is 254 g/mol. The van der Waals surface area contributed by atoms with Gasteiger partial charge in [-0.15, -0.1) is 0 Å². The average molecular weight is 279 g/mol. The van der Waals surface area contributed by atoms with E-state index in [4.69, 9.17) is 4.74 Å². The second kappa shape index (κ2) is 9.31. The highest BCUT2D eigenvalue weighted by Crippen LogP contribution is 2.04. The number of carbonyl (C=O) groups is 1. The lowest BCUT2D eigenvalue weighted by atomic mass is 10.1. The first-order chi connectivity index (χ1) is 9.63. The van der Waals surface area contributed by atoms with Gasteiger partial charge < -0.3 is 15.4 Å². The summed E-state index contributed by atoms with van der Waals surface area (Å²) in [5, 5.41) is 5.90. The van der Waals surface area contributed by atoms with E-state index < -0.39 is 0 Å². The van der Waals surface area contributed by atoms with Gasteiger partial charge in [-0.2, -0.15) is 0 Å². The first-order valence-corrected chi connectivity index (χ1v) is 7.19. The molecule has 5 heteroatoms. The monoisotopic (exact) mass is 279 g/mol. The minimum Gasteiger partial charge on any atom is -0.380 e. The second-order valence-electron chi connectivity index (χ2n) is 5.01. The maximum atomic E-state index is 11.8. The maximum absolute atomic E-state index is 11.8. The minimum atomic E-state index is -0.118. The van der Waals surface area contributed by atoms with Crippen molar-refractivity contribution in [1.82, 2.24) is 10.3 Å². The van der Waals surface area contributed by atoms with Gasteiger partial charge in [0.25, 0.3) is 5.91 Å². The zero-order valence-corrected chi connectivity index (χ0v) is 12.6. The van der Waals surface area contributed by atoms with E-state index in [0.717, 1.165) is 25.4 Å². The smallest absolute Gasteiger partial charge is 0.252 e. The van der Waals surface area contributed by atoms with E-state index in [9.17, 15) is 4.79 Å². The molecule has 0 aromatic carbocycles. The zero-order chi connectivity index (χ0) is 14.8. The molecule has 1 rings (SSSR count). The van der Waals surface area contributed by atoms with Crippen molar-refractivity contribution in [2.24, 2.45) is 5.92 Å². The molecule has 0 aliphatic heterocycles. The highest BCUT2D eigenvalue weighted by Gasteiger charge is 2.05. The first-order valence-electron chi connectivity index (χ1n) is 7.19. The molecule has 2 N–H and O–H groups in total. The van der Waals surface area contributed by atoms with Crippen LogP contribution in [-0.2, 0) is 4.74 Å². The second-order valence-corrected chi connectivity index (χ2v) is 5.01. The van der Waals surface area contributed by atoms with Crippen LogP contribution >= 0.6 is 0 Å². The third kappa shape index (κ3) is 6.52. The van der Waals surface area contributed by atoms with Gasteiger partial charge in [-0.3, -0.25) is 4.79 Å². The molecule has 112 valence electrons. The molecule has 0 aliphatic rings. The number of ether oxygens (including phenoxy) is 1. The van der Waals surface area contributed by atoms with Crippen LogP contribution in [0.5, 0.6) is 0 Å². The summed E-state index contributed by atoms with van der Waals surface area (Å²) in [6, 6.07) is 3.57. The molecule has 0 spiro atoms. The zero-order valence-electron chi connectivity index (χ0n) is 12.6. The molecule has 5 nitrogen and oxygen atoms in total. The summed E-state index contributed by atoms with van der Waals surface area (Å²) in [6.07, 6.45) is 2.62. The van der Waals surface area contributed by atoms with Crippen LogP contribution in [0.15, 0.2) is 18.3 Å². The SMILES string of the molecule is CCNc1ccc(C(=O)NCCOCCC(C)C)cn1. The summed E-state index contributed by atoms with van der Waals surface area (Å²) < 4.78 is 5.44. The molecule has 1 aromatic rings. The number of rotatable bonds is 9. The Morgan fingerprint density at radius 3 is 2.75 bits per heavy atom. The molecule has 1 aromatic heterocycles. The van der Waals surface area contributed by atoms with Crippen LogP contribution in [0.2, 0.25) is 0 Å². The van der Waals surface area contributed by atoms with Crippen molar-refractivity contribution in [3.05, 3.63) is 23.9 Å². The molecule has 0 saturated carbocycles. The molecule has 1 heterocycles. The Morgan fingerprint density at radius 1 is 1.35 bits per heavy atom. The van der Waals surface area contributed by atoms with Crippen LogP contribution < -0.4 is 10.6 Å². The number of hydrogen-bond donors (Lipinski definition) is 2. The van der Waals surface area contributed by atoms with Crippen LogP contribution in [0.25, 0.3) is 0 Å². The van der Waals surface area contributed by atoms with Crippen molar-refractivity contribution in [3.63, 3.8) is 0 Å². The molecule has 0 unspecified atom stereocenters. The largest absolute Gasteiger partial charge is 0.380 e. The maximum Gasteiger partial charge on any atom is 0.252 e. The Labute approximate surface area is 121 Å². The fraction of sp³-hybridized carbons (Fsp3) is 0.600. The van der Waals surface area contributed by atoms with Gasteiger partial charge in [0.2, 0.25) is 0 Å². The number of amides is 1. The molecule has 0 atom stereocenters. The summed E-state index contributed by atoms with van der Waals surface area (Å²) in [4.78, 5) is 16.0. The lowest BCUT2D eigenvalue weighted by molar-refractivity contribution is 0.0905. The number of nitrogens with one attached hydrogen (secondary N) is 2. The van der Waals surface area contributed by atoms with Gasteiger partial charge in [0.1, 0.15) is 5.82 Å². The quantitative estimate of drug-likeness (QED) is 0.681. The van der Waals surface area contributed by atoms with E-state index in [1.54, 1.807) is 18.3 Å². The third-order valence-electron chi connectivity index (χ3n) is 2.76. The first kappa shape index (κ1) is 16.4. The highest BCUT2D eigenvalue weighted by molar-refractivity contribution is 5.94. The van der Waals surface area contributed by atoms with E-state index in [0.29, 0.717) is 24.6 Å². The minimum absolute atomic E-state index is 0.118. The van der Waals surface area contributed by atoms with E-state index in [1.807, 2.05) is 6.92 Å². The van der Waals surface area contributed by atoms with Gasteiger partial charge in [0, 0.05) is 25.9 Å². The standard InChI is InChI=1S/C15H25N3O2/c1-4-16-14-6-5-13(11-18-14)15(19)17-8-10-20-9-7-12(2)3/h5-6,11-12H,4,7-10H2,1-3H3,(H,16,18)(H,17,19). The molecular formula is C15H25N3O2. The number of nitrogens with zero attached hydrogens (tertiary/aromatic N) is 1. The van der Waals surface area contributed by atoms with Crippen molar-refractivity contribution in [2.75, 3.05) is 31.6 Å². The molecule has 0 aliphatic carbocycles. The van der Waals surface area contributed by atoms with Crippen LogP contribution in [0.4, 0.5) is 5.82 Å².